The third kappa shape index (κ3) is 2.33. The maximum absolute atomic E-state index is 11.3. The van der Waals surface area contributed by atoms with Gasteiger partial charge >= 0.3 is 0 Å². The van der Waals surface area contributed by atoms with Gasteiger partial charge in [-0.2, -0.15) is 0 Å². The van der Waals surface area contributed by atoms with Crippen molar-refractivity contribution in [2.45, 2.75) is 38.0 Å². The summed E-state index contributed by atoms with van der Waals surface area (Å²) >= 11 is 0. The molecule has 1 aromatic carbocycles. The zero-order valence-electron chi connectivity index (χ0n) is 10.8. The van der Waals surface area contributed by atoms with Gasteiger partial charge in [0.15, 0.2) is 0 Å². The van der Waals surface area contributed by atoms with E-state index in [2.05, 4.69) is 4.98 Å². The van der Waals surface area contributed by atoms with Gasteiger partial charge in [-0.05, 0) is 25.0 Å². The molecule has 0 unspecified atom stereocenters. The van der Waals surface area contributed by atoms with Crippen LogP contribution in [0.25, 0.3) is 10.9 Å². The maximum atomic E-state index is 11.3. The summed E-state index contributed by atoms with van der Waals surface area (Å²) in [6.45, 7) is 0. The Kier molecular flexibility index (Phi) is 3.20. The molecule has 0 aliphatic heterocycles. The van der Waals surface area contributed by atoms with Crippen molar-refractivity contribution in [2.24, 2.45) is 0 Å². The number of carbonyl (C=O) groups excluding carboxylic acids is 1. The number of fused-ring (bicyclic) bond motifs is 1. The molecule has 1 aliphatic rings. The van der Waals surface area contributed by atoms with E-state index in [1.54, 1.807) is 12.1 Å². The van der Waals surface area contributed by atoms with Crippen molar-refractivity contribution >= 4 is 16.9 Å². The molecule has 1 aromatic heterocycles. The first-order valence-electron chi connectivity index (χ1n) is 6.87. The minimum Gasteiger partial charge on any atom is -0.545 e. The predicted octanol–water partition coefficient (Wildman–Crippen LogP) is 2.65. The predicted molar refractivity (Wildman–Crippen MR) is 71.9 cm³/mol. The molecule has 98 valence electrons. The minimum absolute atomic E-state index is 0.270. The minimum atomic E-state index is -1.12. The van der Waals surface area contributed by atoms with Crippen molar-refractivity contribution in [2.75, 3.05) is 0 Å². The lowest BCUT2D eigenvalue weighted by molar-refractivity contribution is -0.254. The molecule has 0 radical (unpaired) electrons. The SMILES string of the molecule is O=C([O-])c1cc(C2CCCCC2)nc2ccccc12. The van der Waals surface area contributed by atoms with Crippen LogP contribution in [0.5, 0.6) is 0 Å². The lowest BCUT2D eigenvalue weighted by Gasteiger charge is -2.22. The fourth-order valence-corrected chi connectivity index (χ4v) is 2.97. The highest BCUT2D eigenvalue weighted by Gasteiger charge is 2.18. The van der Waals surface area contributed by atoms with Crippen molar-refractivity contribution in [1.29, 1.82) is 0 Å². The fourth-order valence-electron chi connectivity index (χ4n) is 2.97. The van der Waals surface area contributed by atoms with E-state index in [4.69, 9.17) is 0 Å². The lowest BCUT2D eigenvalue weighted by atomic mass is 9.86. The van der Waals surface area contributed by atoms with Crippen LogP contribution in [0.3, 0.4) is 0 Å². The number of aromatic carboxylic acids is 1. The summed E-state index contributed by atoms with van der Waals surface area (Å²) in [6, 6.07) is 9.09. The van der Waals surface area contributed by atoms with E-state index in [1.807, 2.05) is 18.2 Å². The van der Waals surface area contributed by atoms with Crippen LogP contribution in [0.2, 0.25) is 0 Å². The van der Waals surface area contributed by atoms with E-state index in [0.717, 1.165) is 24.1 Å². The van der Waals surface area contributed by atoms with Gasteiger partial charge < -0.3 is 9.90 Å². The Morgan fingerprint density at radius 3 is 2.63 bits per heavy atom. The van der Waals surface area contributed by atoms with Crippen molar-refractivity contribution in [1.82, 2.24) is 4.98 Å². The van der Waals surface area contributed by atoms with E-state index in [0.29, 0.717) is 11.3 Å². The Hall–Kier alpha value is -1.90. The number of nitrogens with zero attached hydrogens (tertiary/aromatic N) is 1. The summed E-state index contributed by atoms with van der Waals surface area (Å²) in [5.74, 6) is -0.716. The largest absolute Gasteiger partial charge is 0.545 e. The van der Waals surface area contributed by atoms with Crippen LogP contribution < -0.4 is 5.11 Å². The van der Waals surface area contributed by atoms with Gasteiger partial charge in [0.1, 0.15) is 0 Å². The Balaban J connectivity index is 2.12. The zero-order chi connectivity index (χ0) is 13.2. The highest BCUT2D eigenvalue weighted by atomic mass is 16.4. The van der Waals surface area contributed by atoms with Crippen molar-refractivity contribution < 1.29 is 9.90 Å². The first kappa shape index (κ1) is 12.2. The van der Waals surface area contributed by atoms with Gasteiger partial charge in [0.25, 0.3) is 0 Å². The number of rotatable bonds is 2. The lowest BCUT2D eigenvalue weighted by Crippen LogP contribution is -2.23. The standard InChI is InChI=1S/C16H17NO2/c18-16(19)13-10-15(11-6-2-1-3-7-11)17-14-9-5-4-8-12(13)14/h4-5,8-11H,1-3,6-7H2,(H,18,19)/p-1. The van der Waals surface area contributed by atoms with Gasteiger partial charge in [-0.1, -0.05) is 37.5 Å². The number of hydrogen-bond acceptors (Lipinski definition) is 3. The summed E-state index contributed by atoms with van der Waals surface area (Å²) in [5, 5.41) is 12.0. The van der Waals surface area contributed by atoms with E-state index in [1.165, 1.54) is 19.3 Å². The van der Waals surface area contributed by atoms with Crippen LogP contribution in [-0.4, -0.2) is 11.0 Å². The molecule has 1 aliphatic carbocycles. The normalized spacial score (nSPS) is 16.6. The van der Waals surface area contributed by atoms with Crippen molar-refractivity contribution in [3.8, 4) is 0 Å². The average molecular weight is 254 g/mol. The Labute approximate surface area is 112 Å². The number of pyridine rings is 1. The fraction of sp³-hybridized carbons (Fsp3) is 0.375. The average Bonchev–Trinajstić information content (AvgIpc) is 2.47. The van der Waals surface area contributed by atoms with Crippen LogP contribution in [0.1, 0.15) is 54.1 Å². The summed E-state index contributed by atoms with van der Waals surface area (Å²) in [4.78, 5) is 16.0. The summed E-state index contributed by atoms with van der Waals surface area (Å²) < 4.78 is 0. The molecule has 0 bridgehead atoms. The Morgan fingerprint density at radius 2 is 1.89 bits per heavy atom. The molecule has 1 saturated carbocycles. The summed E-state index contributed by atoms with van der Waals surface area (Å²) in [6.07, 6.45) is 5.91. The second-order valence-electron chi connectivity index (χ2n) is 5.23. The van der Waals surface area contributed by atoms with Gasteiger partial charge in [0, 0.05) is 22.6 Å². The van der Waals surface area contributed by atoms with Crippen LogP contribution in [0, 0.1) is 0 Å². The third-order valence-corrected chi connectivity index (χ3v) is 3.98. The molecule has 0 saturated heterocycles. The van der Waals surface area contributed by atoms with Gasteiger partial charge in [-0.15, -0.1) is 0 Å². The zero-order valence-corrected chi connectivity index (χ0v) is 10.8. The number of para-hydroxylation sites is 1. The van der Waals surface area contributed by atoms with Crippen molar-refractivity contribution in [3.05, 3.63) is 41.6 Å². The summed E-state index contributed by atoms with van der Waals surface area (Å²) in [7, 11) is 0. The molecular weight excluding hydrogens is 238 g/mol. The van der Waals surface area contributed by atoms with Crippen LogP contribution in [0.4, 0.5) is 0 Å². The number of benzene rings is 1. The van der Waals surface area contributed by atoms with Crippen LogP contribution in [-0.2, 0) is 0 Å². The molecule has 3 heteroatoms. The first-order chi connectivity index (χ1) is 9.25. The Bertz CT molecular complexity index is 615. The number of carbonyl (C=O) groups is 1. The number of carboxylic acids is 1. The summed E-state index contributed by atoms with van der Waals surface area (Å²) in [5.41, 5.74) is 1.94. The van der Waals surface area contributed by atoms with Gasteiger partial charge in [0.2, 0.25) is 0 Å². The third-order valence-electron chi connectivity index (χ3n) is 3.98. The van der Waals surface area contributed by atoms with E-state index < -0.39 is 5.97 Å². The molecular formula is C16H16NO2-. The first-order valence-corrected chi connectivity index (χ1v) is 6.87. The van der Waals surface area contributed by atoms with E-state index >= 15 is 0 Å². The quantitative estimate of drug-likeness (QED) is 0.827. The molecule has 0 spiro atoms. The van der Waals surface area contributed by atoms with Gasteiger partial charge in [-0.25, -0.2) is 0 Å². The number of hydrogen-bond donors (Lipinski definition) is 0. The molecule has 0 amide bonds. The second-order valence-corrected chi connectivity index (χ2v) is 5.23. The van der Waals surface area contributed by atoms with Crippen LogP contribution >= 0.6 is 0 Å². The monoisotopic (exact) mass is 254 g/mol. The van der Waals surface area contributed by atoms with Crippen LogP contribution in [0.15, 0.2) is 30.3 Å². The molecule has 0 N–H and O–H groups in total. The number of carboxylic acid groups (broad SMARTS) is 1. The molecule has 19 heavy (non-hydrogen) atoms. The van der Waals surface area contributed by atoms with Gasteiger partial charge in [-0.3, -0.25) is 4.98 Å². The molecule has 3 nitrogen and oxygen atoms in total. The molecule has 0 atom stereocenters. The highest BCUT2D eigenvalue weighted by molar-refractivity contribution is 6.01. The maximum Gasteiger partial charge on any atom is 0.0722 e. The van der Waals surface area contributed by atoms with E-state index in [9.17, 15) is 9.90 Å². The highest BCUT2D eigenvalue weighted by Crippen LogP contribution is 2.33. The van der Waals surface area contributed by atoms with Crippen molar-refractivity contribution in [3.63, 3.8) is 0 Å². The molecule has 2 aromatic rings. The second kappa shape index (κ2) is 5.00. The molecule has 1 heterocycles. The Morgan fingerprint density at radius 1 is 1.16 bits per heavy atom. The molecule has 1 fully saturated rings. The number of aromatic nitrogens is 1. The van der Waals surface area contributed by atoms with Gasteiger partial charge in [0.05, 0.1) is 11.5 Å². The smallest absolute Gasteiger partial charge is 0.0722 e. The topological polar surface area (TPSA) is 53.0 Å². The van der Waals surface area contributed by atoms with E-state index in [-0.39, 0.29) is 5.56 Å². The molecule has 3 rings (SSSR count).